The lowest BCUT2D eigenvalue weighted by Crippen LogP contribution is -2.16. The van der Waals surface area contributed by atoms with Gasteiger partial charge in [-0.2, -0.15) is 0 Å². The average Bonchev–Trinajstić information content (AvgIpc) is 2.57. The van der Waals surface area contributed by atoms with Gasteiger partial charge in [0.25, 0.3) is 0 Å². The first-order valence-corrected chi connectivity index (χ1v) is 7.42. The van der Waals surface area contributed by atoms with Crippen molar-refractivity contribution in [1.29, 1.82) is 0 Å². The van der Waals surface area contributed by atoms with Crippen LogP contribution in [0.1, 0.15) is 23.7 Å². The highest BCUT2D eigenvalue weighted by atomic mass is 16.5. The Morgan fingerprint density at radius 3 is 2.61 bits per heavy atom. The molecule has 5 nitrogen and oxygen atoms in total. The van der Waals surface area contributed by atoms with E-state index in [0.29, 0.717) is 23.6 Å². The third-order valence-electron chi connectivity index (χ3n) is 3.05. The summed E-state index contributed by atoms with van der Waals surface area (Å²) in [6.45, 7) is 2.60. The maximum absolute atomic E-state index is 12.0. The minimum atomic E-state index is -0.204. The lowest BCUT2D eigenvalue weighted by molar-refractivity contribution is -0.116. The van der Waals surface area contributed by atoms with Crippen LogP contribution in [0.25, 0.3) is 0 Å². The molecule has 23 heavy (non-hydrogen) atoms. The first-order chi connectivity index (χ1) is 11.2. The zero-order valence-corrected chi connectivity index (χ0v) is 13.0. The fourth-order valence-electron chi connectivity index (χ4n) is 1.99. The van der Waals surface area contributed by atoms with E-state index in [-0.39, 0.29) is 18.9 Å². The molecule has 0 heterocycles. The zero-order valence-electron chi connectivity index (χ0n) is 13.0. The number of para-hydroxylation sites is 1. The van der Waals surface area contributed by atoms with Crippen molar-refractivity contribution in [2.24, 2.45) is 0 Å². The van der Waals surface area contributed by atoms with Crippen molar-refractivity contribution >= 4 is 17.9 Å². The molecule has 0 unspecified atom stereocenters. The third-order valence-corrected chi connectivity index (χ3v) is 3.05. The first kappa shape index (κ1) is 16.5. The lowest BCUT2D eigenvalue weighted by atomic mass is 10.2. The van der Waals surface area contributed by atoms with E-state index in [1.165, 1.54) is 0 Å². The molecule has 2 aromatic rings. The lowest BCUT2D eigenvalue weighted by Gasteiger charge is -2.12. The van der Waals surface area contributed by atoms with Gasteiger partial charge in [-0.1, -0.05) is 18.2 Å². The Balaban J connectivity index is 1.92. The third kappa shape index (κ3) is 5.14. The number of aldehydes is 1. The van der Waals surface area contributed by atoms with Crippen molar-refractivity contribution in [3.05, 3.63) is 54.1 Å². The smallest absolute Gasteiger partial charge is 0.227 e. The Labute approximate surface area is 135 Å². The Hall–Kier alpha value is -2.82. The van der Waals surface area contributed by atoms with Gasteiger partial charge >= 0.3 is 0 Å². The molecule has 0 bridgehead atoms. The summed E-state index contributed by atoms with van der Waals surface area (Å²) in [5.41, 5.74) is 0.963. The highest BCUT2D eigenvalue weighted by Gasteiger charge is 2.09. The molecule has 1 amide bonds. The number of ether oxygens (including phenoxy) is 2. The Kier molecular flexibility index (Phi) is 6.17. The van der Waals surface area contributed by atoms with E-state index in [0.717, 1.165) is 12.0 Å². The van der Waals surface area contributed by atoms with E-state index in [9.17, 15) is 9.59 Å². The molecule has 0 fully saturated rings. The molecule has 5 heteroatoms. The molecule has 1 N–H and O–H groups in total. The summed E-state index contributed by atoms with van der Waals surface area (Å²) in [4.78, 5) is 22.9. The minimum absolute atomic E-state index is 0.200. The van der Waals surface area contributed by atoms with E-state index >= 15 is 0 Å². The molecular weight excluding hydrogens is 294 g/mol. The van der Waals surface area contributed by atoms with Crippen LogP contribution in [0.4, 0.5) is 5.69 Å². The predicted octanol–water partition coefficient (Wildman–Crippen LogP) is 3.31. The number of carbonyl (C=O) groups excluding carboxylic acids is 2. The van der Waals surface area contributed by atoms with Crippen LogP contribution in [0, 0.1) is 0 Å². The Bertz CT molecular complexity index is 655. The van der Waals surface area contributed by atoms with Crippen LogP contribution in [-0.4, -0.2) is 25.4 Å². The molecule has 0 aromatic heterocycles. The second kappa shape index (κ2) is 8.58. The van der Waals surface area contributed by atoms with Crippen LogP contribution >= 0.6 is 0 Å². The van der Waals surface area contributed by atoms with E-state index < -0.39 is 0 Å². The molecule has 0 radical (unpaired) electrons. The molecule has 0 atom stereocenters. The van der Waals surface area contributed by atoms with Crippen LogP contribution < -0.4 is 14.8 Å². The van der Waals surface area contributed by atoms with Crippen LogP contribution in [-0.2, 0) is 4.79 Å². The van der Waals surface area contributed by atoms with Gasteiger partial charge in [0.05, 0.1) is 25.3 Å². The number of nitrogens with one attached hydrogen (secondary N) is 1. The fraction of sp³-hybridized carbons (Fsp3) is 0.222. The number of amides is 1. The van der Waals surface area contributed by atoms with Gasteiger partial charge in [0.1, 0.15) is 17.8 Å². The quantitative estimate of drug-likeness (QED) is 0.759. The van der Waals surface area contributed by atoms with Gasteiger partial charge in [0.2, 0.25) is 5.91 Å². The molecule has 0 spiro atoms. The molecule has 0 aliphatic heterocycles. The van der Waals surface area contributed by atoms with Gasteiger partial charge in [0, 0.05) is 5.56 Å². The molecule has 0 aliphatic rings. The van der Waals surface area contributed by atoms with Crippen molar-refractivity contribution in [2.45, 2.75) is 13.3 Å². The number of rotatable bonds is 8. The van der Waals surface area contributed by atoms with Crippen LogP contribution in [0.5, 0.6) is 11.5 Å². The Morgan fingerprint density at radius 2 is 1.91 bits per heavy atom. The number of carbonyl (C=O) groups is 2. The van der Waals surface area contributed by atoms with Crippen molar-refractivity contribution in [3.8, 4) is 11.5 Å². The predicted molar refractivity (Wildman–Crippen MR) is 88.2 cm³/mol. The zero-order chi connectivity index (χ0) is 16.5. The van der Waals surface area contributed by atoms with Gasteiger partial charge < -0.3 is 14.8 Å². The number of hydrogen-bond donors (Lipinski definition) is 1. The maximum Gasteiger partial charge on any atom is 0.227 e. The normalized spacial score (nSPS) is 9.96. The topological polar surface area (TPSA) is 64.6 Å². The SMILES string of the molecule is CCOc1ccc(C=O)cc1NC(=O)CCOc1ccccc1. The van der Waals surface area contributed by atoms with Gasteiger partial charge in [0.15, 0.2) is 0 Å². The number of benzene rings is 2. The summed E-state index contributed by atoms with van der Waals surface area (Å²) in [6.07, 6.45) is 0.926. The van der Waals surface area contributed by atoms with Crippen LogP contribution in [0.3, 0.4) is 0 Å². The first-order valence-electron chi connectivity index (χ1n) is 7.42. The largest absolute Gasteiger partial charge is 0.493 e. The molecule has 0 aliphatic carbocycles. The molecule has 2 rings (SSSR count). The van der Waals surface area contributed by atoms with E-state index in [1.54, 1.807) is 18.2 Å². The summed E-state index contributed by atoms with van der Waals surface area (Å²) in [7, 11) is 0. The van der Waals surface area contributed by atoms with E-state index in [4.69, 9.17) is 9.47 Å². The number of anilines is 1. The molecule has 0 saturated heterocycles. The standard InChI is InChI=1S/C18H19NO4/c1-2-22-17-9-8-14(13-20)12-16(17)19-18(21)10-11-23-15-6-4-3-5-7-15/h3-9,12-13H,2,10-11H2,1H3,(H,19,21). The summed E-state index contributed by atoms with van der Waals surface area (Å²) >= 11 is 0. The van der Waals surface area contributed by atoms with Crippen LogP contribution in [0.15, 0.2) is 48.5 Å². The number of hydrogen-bond acceptors (Lipinski definition) is 4. The van der Waals surface area contributed by atoms with Gasteiger partial charge in [-0.15, -0.1) is 0 Å². The van der Waals surface area contributed by atoms with Crippen molar-refractivity contribution in [1.82, 2.24) is 0 Å². The molecule has 2 aromatic carbocycles. The van der Waals surface area contributed by atoms with Crippen molar-refractivity contribution in [3.63, 3.8) is 0 Å². The maximum atomic E-state index is 12.0. The summed E-state index contributed by atoms with van der Waals surface area (Å²) in [5, 5.41) is 2.75. The van der Waals surface area contributed by atoms with E-state index in [2.05, 4.69) is 5.32 Å². The van der Waals surface area contributed by atoms with Crippen LogP contribution in [0.2, 0.25) is 0 Å². The van der Waals surface area contributed by atoms with Crippen molar-refractivity contribution in [2.75, 3.05) is 18.5 Å². The summed E-state index contributed by atoms with van der Waals surface area (Å²) < 4.78 is 10.9. The highest BCUT2D eigenvalue weighted by molar-refractivity contribution is 5.93. The van der Waals surface area contributed by atoms with Gasteiger partial charge in [-0.25, -0.2) is 0 Å². The van der Waals surface area contributed by atoms with Crippen molar-refractivity contribution < 1.29 is 19.1 Å². The highest BCUT2D eigenvalue weighted by Crippen LogP contribution is 2.25. The molecule has 0 saturated carbocycles. The van der Waals surface area contributed by atoms with Gasteiger partial charge in [-0.3, -0.25) is 9.59 Å². The summed E-state index contributed by atoms with van der Waals surface area (Å²) in [6, 6.07) is 14.2. The monoisotopic (exact) mass is 313 g/mol. The minimum Gasteiger partial charge on any atom is -0.493 e. The second-order valence-electron chi connectivity index (χ2n) is 4.77. The van der Waals surface area contributed by atoms with Gasteiger partial charge in [-0.05, 0) is 37.3 Å². The Morgan fingerprint density at radius 1 is 1.13 bits per heavy atom. The molecule has 120 valence electrons. The summed E-state index contributed by atoms with van der Waals surface area (Å²) in [5.74, 6) is 1.05. The average molecular weight is 313 g/mol. The van der Waals surface area contributed by atoms with E-state index in [1.807, 2.05) is 37.3 Å². The fourth-order valence-corrected chi connectivity index (χ4v) is 1.99. The second-order valence-corrected chi connectivity index (χ2v) is 4.77. The molecular formula is C18H19NO4.